The Morgan fingerprint density at radius 2 is 1.62 bits per heavy atom. The predicted octanol–water partition coefficient (Wildman–Crippen LogP) is 6.01. The van der Waals surface area contributed by atoms with Crippen LogP contribution in [0, 0.1) is 0 Å². The number of fused-ring (bicyclic) bond motifs is 1. The Kier molecular flexibility index (Phi) is 5.25. The third-order valence-corrected chi connectivity index (χ3v) is 5.44. The van der Waals surface area contributed by atoms with Crippen LogP contribution < -0.4 is 9.47 Å². The molecule has 1 atom stereocenters. The zero-order chi connectivity index (χ0) is 21.9. The summed E-state index contributed by atoms with van der Waals surface area (Å²) in [6.45, 7) is 2.27. The van der Waals surface area contributed by atoms with Crippen LogP contribution in [-0.4, -0.2) is 21.0 Å². The number of carbonyl (C=O) groups excluding carboxylic acids is 1. The Labute approximate surface area is 186 Å². The fourth-order valence-corrected chi connectivity index (χ4v) is 3.76. The SMILES string of the molecule is CC1c2cc(-c3cccc(Oc4ccccc4)c3)ccc2OC(=O)N1Cc1ncccn1. The molecule has 6 heteroatoms. The minimum absolute atomic E-state index is 0.182. The van der Waals surface area contributed by atoms with Crippen LogP contribution in [0.25, 0.3) is 11.1 Å². The van der Waals surface area contributed by atoms with E-state index in [0.717, 1.165) is 28.2 Å². The molecule has 0 radical (unpaired) electrons. The lowest BCUT2D eigenvalue weighted by atomic mass is 9.97. The van der Waals surface area contributed by atoms with Crippen LogP contribution in [0.4, 0.5) is 4.79 Å². The van der Waals surface area contributed by atoms with Gasteiger partial charge in [0.05, 0.1) is 12.6 Å². The first-order valence-electron chi connectivity index (χ1n) is 10.4. The molecule has 6 nitrogen and oxygen atoms in total. The molecular formula is C26H21N3O3. The molecule has 1 unspecified atom stereocenters. The molecule has 5 rings (SSSR count). The fraction of sp³-hybridized carbons (Fsp3) is 0.115. The number of aromatic nitrogens is 2. The summed E-state index contributed by atoms with van der Waals surface area (Å²) in [7, 11) is 0. The summed E-state index contributed by atoms with van der Waals surface area (Å²) in [5.74, 6) is 2.69. The van der Waals surface area contributed by atoms with Gasteiger partial charge in [0.1, 0.15) is 23.1 Å². The number of nitrogens with zero attached hydrogens (tertiary/aromatic N) is 3. The minimum Gasteiger partial charge on any atom is -0.457 e. The van der Waals surface area contributed by atoms with Crippen LogP contribution in [0.15, 0.2) is 91.3 Å². The smallest absolute Gasteiger partial charge is 0.416 e. The second-order valence-electron chi connectivity index (χ2n) is 7.53. The molecule has 0 spiro atoms. The van der Waals surface area contributed by atoms with Crippen molar-refractivity contribution in [2.24, 2.45) is 0 Å². The van der Waals surface area contributed by atoms with Crippen molar-refractivity contribution in [3.05, 3.63) is 103 Å². The predicted molar refractivity (Wildman–Crippen MR) is 120 cm³/mol. The zero-order valence-corrected chi connectivity index (χ0v) is 17.5. The average Bonchev–Trinajstić information content (AvgIpc) is 2.83. The van der Waals surface area contributed by atoms with E-state index in [1.807, 2.05) is 73.7 Å². The number of carbonyl (C=O) groups is 1. The molecule has 2 heterocycles. The number of amides is 1. The van der Waals surface area contributed by atoms with Crippen molar-refractivity contribution in [2.75, 3.05) is 0 Å². The molecule has 0 fully saturated rings. The standard InChI is InChI=1S/C26H21N3O3/c1-18-23-16-20(19-7-5-10-22(15-19)31-21-8-3-2-4-9-21)11-12-24(23)32-26(30)29(18)17-25-27-13-6-14-28-25/h2-16,18H,17H2,1H3. The molecule has 0 saturated heterocycles. The maximum absolute atomic E-state index is 12.6. The number of benzene rings is 3. The van der Waals surface area contributed by atoms with E-state index in [9.17, 15) is 4.79 Å². The number of hydrogen-bond acceptors (Lipinski definition) is 5. The van der Waals surface area contributed by atoms with Gasteiger partial charge in [0.25, 0.3) is 0 Å². The van der Waals surface area contributed by atoms with Crippen molar-refractivity contribution >= 4 is 6.09 Å². The molecule has 1 aliphatic rings. The molecule has 1 aliphatic heterocycles. The maximum atomic E-state index is 12.6. The van der Waals surface area contributed by atoms with Gasteiger partial charge in [-0.1, -0.05) is 36.4 Å². The first-order chi connectivity index (χ1) is 15.7. The molecule has 0 saturated carbocycles. The molecule has 0 aliphatic carbocycles. The van der Waals surface area contributed by atoms with Gasteiger partial charge in [-0.3, -0.25) is 4.90 Å². The summed E-state index contributed by atoms with van der Waals surface area (Å²) < 4.78 is 11.6. The third-order valence-electron chi connectivity index (χ3n) is 5.44. The molecule has 1 aromatic heterocycles. The van der Waals surface area contributed by atoms with Crippen LogP contribution in [0.5, 0.6) is 17.2 Å². The average molecular weight is 423 g/mol. The maximum Gasteiger partial charge on any atom is 0.416 e. The number of hydrogen-bond donors (Lipinski definition) is 0. The Bertz CT molecular complexity index is 1250. The summed E-state index contributed by atoms with van der Waals surface area (Å²) in [6.07, 6.45) is 2.93. The Hall–Kier alpha value is -4.19. The molecule has 0 N–H and O–H groups in total. The number of rotatable bonds is 5. The van der Waals surface area contributed by atoms with Crippen molar-refractivity contribution in [3.8, 4) is 28.4 Å². The highest BCUT2D eigenvalue weighted by Gasteiger charge is 2.32. The lowest BCUT2D eigenvalue weighted by molar-refractivity contribution is 0.115. The first kappa shape index (κ1) is 19.8. The molecular weight excluding hydrogens is 402 g/mol. The highest BCUT2D eigenvalue weighted by molar-refractivity contribution is 5.76. The molecule has 32 heavy (non-hydrogen) atoms. The quantitative estimate of drug-likeness (QED) is 0.393. The second-order valence-corrected chi connectivity index (χ2v) is 7.53. The monoisotopic (exact) mass is 423 g/mol. The normalized spacial score (nSPS) is 15.1. The Morgan fingerprint density at radius 1 is 0.875 bits per heavy atom. The van der Waals surface area contributed by atoms with Gasteiger partial charge in [0.15, 0.2) is 0 Å². The van der Waals surface area contributed by atoms with E-state index in [2.05, 4.69) is 16.0 Å². The van der Waals surface area contributed by atoms with Gasteiger partial charge in [0, 0.05) is 18.0 Å². The van der Waals surface area contributed by atoms with Gasteiger partial charge in [-0.05, 0) is 60.5 Å². The van der Waals surface area contributed by atoms with E-state index in [0.29, 0.717) is 11.6 Å². The van der Waals surface area contributed by atoms with Crippen molar-refractivity contribution in [3.63, 3.8) is 0 Å². The van der Waals surface area contributed by atoms with Crippen LogP contribution >= 0.6 is 0 Å². The number of ether oxygens (including phenoxy) is 2. The van der Waals surface area contributed by atoms with Gasteiger partial charge in [0.2, 0.25) is 0 Å². The summed E-state index contributed by atoms with van der Waals surface area (Å²) in [4.78, 5) is 22.7. The third kappa shape index (κ3) is 4.03. The Balaban J connectivity index is 1.43. The fourth-order valence-electron chi connectivity index (χ4n) is 3.76. The summed E-state index contributed by atoms with van der Waals surface area (Å²) >= 11 is 0. The summed E-state index contributed by atoms with van der Waals surface area (Å²) in [5.41, 5.74) is 2.97. The van der Waals surface area contributed by atoms with E-state index >= 15 is 0 Å². The molecule has 1 amide bonds. The van der Waals surface area contributed by atoms with Crippen molar-refractivity contribution in [1.82, 2.24) is 14.9 Å². The highest BCUT2D eigenvalue weighted by atomic mass is 16.6. The molecule has 158 valence electrons. The molecule has 3 aromatic carbocycles. The van der Waals surface area contributed by atoms with Gasteiger partial charge in [-0.25, -0.2) is 14.8 Å². The van der Waals surface area contributed by atoms with E-state index in [1.165, 1.54) is 0 Å². The van der Waals surface area contributed by atoms with Crippen LogP contribution in [0.2, 0.25) is 0 Å². The van der Waals surface area contributed by atoms with Crippen LogP contribution in [0.1, 0.15) is 24.4 Å². The van der Waals surface area contributed by atoms with E-state index in [4.69, 9.17) is 9.47 Å². The second kappa shape index (κ2) is 8.51. The van der Waals surface area contributed by atoms with Crippen molar-refractivity contribution < 1.29 is 14.3 Å². The van der Waals surface area contributed by atoms with Gasteiger partial charge < -0.3 is 9.47 Å². The van der Waals surface area contributed by atoms with E-state index < -0.39 is 6.09 Å². The largest absolute Gasteiger partial charge is 0.457 e. The lowest BCUT2D eigenvalue weighted by Crippen LogP contribution is -2.39. The highest BCUT2D eigenvalue weighted by Crippen LogP contribution is 2.38. The number of para-hydroxylation sites is 1. The zero-order valence-electron chi connectivity index (χ0n) is 17.5. The van der Waals surface area contributed by atoms with Crippen molar-refractivity contribution in [2.45, 2.75) is 19.5 Å². The van der Waals surface area contributed by atoms with E-state index in [-0.39, 0.29) is 12.6 Å². The van der Waals surface area contributed by atoms with Gasteiger partial charge in [-0.15, -0.1) is 0 Å². The topological polar surface area (TPSA) is 64.6 Å². The van der Waals surface area contributed by atoms with Crippen LogP contribution in [0.3, 0.4) is 0 Å². The van der Waals surface area contributed by atoms with E-state index in [1.54, 1.807) is 23.4 Å². The van der Waals surface area contributed by atoms with Gasteiger partial charge >= 0.3 is 6.09 Å². The first-order valence-corrected chi connectivity index (χ1v) is 10.4. The molecule has 4 aromatic rings. The lowest BCUT2D eigenvalue weighted by Gasteiger charge is -2.33. The minimum atomic E-state index is -0.400. The Morgan fingerprint density at radius 3 is 2.44 bits per heavy atom. The summed E-state index contributed by atoms with van der Waals surface area (Å²) in [5, 5.41) is 0. The molecule has 0 bridgehead atoms. The van der Waals surface area contributed by atoms with Gasteiger partial charge in [-0.2, -0.15) is 0 Å². The summed E-state index contributed by atoms with van der Waals surface area (Å²) in [6, 6.07) is 25.1. The van der Waals surface area contributed by atoms with Crippen LogP contribution in [-0.2, 0) is 6.54 Å². The van der Waals surface area contributed by atoms with Crippen molar-refractivity contribution in [1.29, 1.82) is 0 Å².